The fourth-order valence-corrected chi connectivity index (χ4v) is 7.90. The number of hydrogen-bond acceptors (Lipinski definition) is 14. The van der Waals surface area contributed by atoms with Gasteiger partial charge in [0.15, 0.2) is 11.9 Å². The number of amides is 7. The van der Waals surface area contributed by atoms with E-state index in [0.29, 0.717) is 31.6 Å². The first-order valence-electron chi connectivity index (χ1n) is 27.2. The average Bonchev–Trinajstić information content (AvgIpc) is 3.38. The molecule has 9 atom stereocenters. The van der Waals surface area contributed by atoms with E-state index in [9.17, 15) is 48.9 Å². The van der Waals surface area contributed by atoms with Gasteiger partial charge in [0, 0.05) is 38.8 Å². The van der Waals surface area contributed by atoms with Gasteiger partial charge in [0.1, 0.15) is 36.3 Å². The fourth-order valence-electron chi connectivity index (χ4n) is 7.90. The lowest BCUT2D eigenvalue weighted by Gasteiger charge is -2.29. The minimum atomic E-state index is -1.67. The van der Waals surface area contributed by atoms with Crippen molar-refractivity contribution in [2.24, 2.45) is 44.6 Å². The van der Waals surface area contributed by atoms with Gasteiger partial charge in [0.05, 0.1) is 25.4 Å². The van der Waals surface area contributed by atoms with Crippen molar-refractivity contribution < 1.29 is 53.6 Å². The van der Waals surface area contributed by atoms with E-state index in [-0.39, 0.29) is 50.8 Å². The van der Waals surface area contributed by atoms with Crippen LogP contribution in [0.1, 0.15) is 136 Å². The molecule has 0 heterocycles. The van der Waals surface area contributed by atoms with Crippen LogP contribution in [0.5, 0.6) is 0 Å². The van der Waals surface area contributed by atoms with Gasteiger partial charge >= 0.3 is 0 Å². The second-order valence-electron chi connectivity index (χ2n) is 19.8. The van der Waals surface area contributed by atoms with Crippen molar-refractivity contribution in [3.8, 4) is 0 Å². The van der Waals surface area contributed by atoms with Crippen LogP contribution < -0.4 is 65.9 Å². The largest absolute Gasteiger partial charge is 0.394 e. The Morgan fingerprint density at radius 2 is 0.974 bits per heavy atom. The molecular formula is C52H94N14O11. The minimum Gasteiger partial charge on any atom is -0.394 e. The summed E-state index contributed by atoms with van der Waals surface area (Å²) < 4.78 is 5.71. The lowest BCUT2D eigenvalue weighted by molar-refractivity contribution is -0.137. The van der Waals surface area contributed by atoms with E-state index in [1.54, 1.807) is 51.1 Å². The molecule has 0 spiro atoms. The van der Waals surface area contributed by atoms with Gasteiger partial charge in [-0.3, -0.25) is 43.5 Å². The number of nitrogens with one attached hydrogen (secondary N) is 7. The van der Waals surface area contributed by atoms with Crippen LogP contribution in [-0.4, -0.2) is 163 Å². The van der Waals surface area contributed by atoms with Crippen molar-refractivity contribution in [1.82, 2.24) is 37.2 Å². The molecule has 1 aromatic rings. The number of carbonyl (C=O) groups excluding carboxylic acids is 7. The molecule has 0 bridgehead atoms. The molecule has 25 heteroatoms. The van der Waals surface area contributed by atoms with Gasteiger partial charge in [0.25, 0.3) is 0 Å². The van der Waals surface area contributed by atoms with Crippen LogP contribution in [0.25, 0.3) is 0 Å². The maximum absolute atomic E-state index is 14.3. The van der Waals surface area contributed by atoms with Crippen molar-refractivity contribution in [2.45, 2.75) is 192 Å². The Morgan fingerprint density at radius 1 is 0.519 bits per heavy atom. The second-order valence-corrected chi connectivity index (χ2v) is 19.8. The third kappa shape index (κ3) is 30.4. The molecule has 1 aromatic carbocycles. The summed E-state index contributed by atoms with van der Waals surface area (Å²) >= 11 is 0. The van der Waals surface area contributed by atoms with Gasteiger partial charge in [-0.25, -0.2) is 0 Å². The van der Waals surface area contributed by atoms with Crippen LogP contribution in [0.4, 0.5) is 0 Å². The first-order valence-corrected chi connectivity index (χ1v) is 27.2. The van der Waals surface area contributed by atoms with Crippen molar-refractivity contribution >= 4 is 53.3 Å². The molecule has 20 N–H and O–H groups in total. The number of unbranched alkanes of at least 4 members (excludes halogenated alkanes) is 9. The highest BCUT2D eigenvalue weighted by Gasteiger charge is 2.36. The number of nitrogens with two attached hydrogens (primary N) is 5. The molecule has 0 fully saturated rings. The van der Waals surface area contributed by atoms with Crippen molar-refractivity contribution in [2.75, 3.05) is 39.5 Å². The minimum absolute atomic E-state index is 0.0274. The highest BCUT2D eigenvalue weighted by Crippen LogP contribution is 2.12. The molecule has 0 aliphatic rings. The van der Waals surface area contributed by atoms with E-state index >= 15 is 0 Å². The van der Waals surface area contributed by atoms with Crippen LogP contribution in [-0.2, 0) is 44.7 Å². The van der Waals surface area contributed by atoms with Crippen LogP contribution >= 0.6 is 0 Å². The Balaban J connectivity index is 3.16. The Labute approximate surface area is 454 Å². The maximum Gasteiger partial charge on any atom is 0.245 e. The number of hydrogen-bond donors (Lipinski definition) is 15. The predicted molar refractivity (Wildman–Crippen MR) is 295 cm³/mol. The van der Waals surface area contributed by atoms with E-state index in [4.69, 9.17) is 33.4 Å². The first kappa shape index (κ1) is 68.9. The van der Waals surface area contributed by atoms with Crippen molar-refractivity contribution in [3.05, 3.63) is 35.9 Å². The van der Waals surface area contributed by atoms with Crippen molar-refractivity contribution in [3.63, 3.8) is 0 Å². The number of aliphatic hydroxyl groups excluding tert-OH is 3. The standard InChI is InChI=1S/C52H94N14O11/c1-6-7-8-9-10-11-12-13-14-18-28-77-29-25-37(53)44(70)66-43(35(5)69)50(76)65-42(33(2)3)49(75)62-39(30-36-22-16-15-17-23-36)46(72)61-38(24-20-27-59-52(56)57)45(71)63-41(32-68)48(74)64-40(31-67)47(73)60-34(4)21-19-26-58-51(54)55/h15-17,22-23,33-35,37-43,67-69H,6-14,18-21,24-32,53H2,1-5H3,(H,60,73)(H,61,72)(H,62,75)(H,63,71)(H,64,74)(H,65,76)(H,66,70)(H4,54,55,58)(H4,56,57,59)/t34-,35-,37?,38+,39+,40+,41+,42+,43+/m1/s1. The first-order chi connectivity index (χ1) is 36.6. The van der Waals surface area contributed by atoms with E-state index in [0.717, 1.165) is 19.3 Å². The van der Waals surface area contributed by atoms with Crippen LogP contribution in [0.15, 0.2) is 40.3 Å². The Morgan fingerprint density at radius 3 is 1.49 bits per heavy atom. The van der Waals surface area contributed by atoms with E-state index in [1.165, 1.54) is 51.9 Å². The average molecular weight is 1090 g/mol. The monoisotopic (exact) mass is 1090 g/mol. The van der Waals surface area contributed by atoms with Gasteiger partial charge in [-0.2, -0.15) is 0 Å². The SMILES string of the molecule is CCCCCCCCCCCCOCCC(N)C(=O)N[C@H](C(=O)N[C@H](C(=O)N[C@@H](Cc1ccccc1)C(=O)N[C@@H](CCCN=C(N)N)C(=O)N[C@@H](CO)C(=O)N[C@@H](CO)C(=O)N[C@H](C)CCCN=C(N)N)C(C)C)[C@@H](C)O. The maximum atomic E-state index is 14.3. The number of guanidine groups is 2. The Kier molecular flexibility index (Phi) is 35.9. The number of ether oxygens (including phenoxy) is 1. The molecule has 0 radical (unpaired) electrons. The fraction of sp³-hybridized carbons (Fsp3) is 0.712. The molecule has 438 valence electrons. The molecule has 0 saturated carbocycles. The van der Waals surface area contributed by atoms with E-state index in [2.05, 4.69) is 54.1 Å². The molecule has 0 aliphatic carbocycles. The number of aliphatic imine (C=N–C) groups is 2. The molecular weight excluding hydrogens is 997 g/mol. The quantitative estimate of drug-likeness (QED) is 0.0200. The van der Waals surface area contributed by atoms with Gasteiger partial charge < -0.3 is 85.9 Å². The third-order valence-corrected chi connectivity index (χ3v) is 12.5. The summed E-state index contributed by atoms with van der Waals surface area (Å²) in [5.74, 6) is -6.90. The van der Waals surface area contributed by atoms with Gasteiger partial charge in [-0.15, -0.1) is 0 Å². The summed E-state index contributed by atoms with van der Waals surface area (Å²) in [5, 5.41) is 48.6. The summed E-state index contributed by atoms with van der Waals surface area (Å²) in [4.78, 5) is 103. The summed E-state index contributed by atoms with van der Waals surface area (Å²) in [6.07, 6.45) is 11.5. The zero-order valence-corrected chi connectivity index (χ0v) is 46.1. The van der Waals surface area contributed by atoms with Gasteiger partial charge in [-0.05, 0) is 63.9 Å². The molecule has 25 nitrogen and oxygen atoms in total. The summed E-state index contributed by atoms with van der Waals surface area (Å²) in [6, 6.07) is -1.66. The molecule has 7 amide bonds. The van der Waals surface area contributed by atoms with Gasteiger partial charge in [-0.1, -0.05) is 109 Å². The topological polar surface area (TPSA) is 428 Å². The van der Waals surface area contributed by atoms with E-state index in [1.807, 2.05) is 0 Å². The lowest BCUT2D eigenvalue weighted by atomic mass is 9.99. The normalized spacial score (nSPS) is 14.7. The Hall–Kier alpha value is -6.15. The Bertz CT molecular complexity index is 1950. The zero-order valence-electron chi connectivity index (χ0n) is 46.1. The highest BCUT2D eigenvalue weighted by molar-refractivity contribution is 5.97. The van der Waals surface area contributed by atoms with Crippen LogP contribution in [0.3, 0.4) is 0 Å². The van der Waals surface area contributed by atoms with Crippen molar-refractivity contribution in [1.29, 1.82) is 0 Å². The molecule has 1 rings (SSSR count). The summed E-state index contributed by atoms with van der Waals surface area (Å²) in [6.45, 7) is 7.78. The number of aliphatic hydroxyl groups is 3. The molecule has 0 saturated heterocycles. The molecule has 77 heavy (non-hydrogen) atoms. The third-order valence-electron chi connectivity index (χ3n) is 12.5. The molecule has 0 aliphatic heterocycles. The number of rotatable bonds is 42. The number of nitrogens with zero attached hydrogens (tertiary/aromatic N) is 2. The predicted octanol–water partition coefficient (Wildman–Crippen LogP) is -1.57. The molecule has 0 aromatic heterocycles. The van der Waals surface area contributed by atoms with E-state index < -0.39 is 115 Å². The second kappa shape index (κ2) is 40.1. The highest BCUT2D eigenvalue weighted by atomic mass is 16.5. The smallest absolute Gasteiger partial charge is 0.245 e. The zero-order chi connectivity index (χ0) is 57.7. The summed E-state index contributed by atoms with van der Waals surface area (Å²) in [7, 11) is 0. The van der Waals surface area contributed by atoms with Crippen LogP contribution in [0, 0.1) is 5.92 Å². The van der Waals surface area contributed by atoms with Gasteiger partial charge in [0.2, 0.25) is 41.4 Å². The van der Waals surface area contributed by atoms with Crippen LogP contribution in [0.2, 0.25) is 0 Å². The summed E-state index contributed by atoms with van der Waals surface area (Å²) in [5.41, 5.74) is 28.4. The lowest BCUT2D eigenvalue weighted by Crippen LogP contribution is -2.62. The molecule has 1 unspecified atom stereocenters. The number of benzene rings is 1. The number of carbonyl (C=O) groups is 7.